The molecular formula is C24H25N5O3. The summed E-state index contributed by atoms with van der Waals surface area (Å²) in [4.78, 5) is 29.6. The number of benzene rings is 2. The number of anilines is 1. The smallest absolute Gasteiger partial charge is 0.351 e. The molecule has 0 bridgehead atoms. The molecule has 0 spiro atoms. The van der Waals surface area contributed by atoms with Gasteiger partial charge in [0, 0.05) is 18.1 Å². The average molecular weight is 431 g/mol. The van der Waals surface area contributed by atoms with Crippen LogP contribution in [0.4, 0.5) is 5.69 Å². The van der Waals surface area contributed by atoms with Crippen molar-refractivity contribution in [1.82, 2.24) is 19.2 Å². The van der Waals surface area contributed by atoms with E-state index in [2.05, 4.69) is 29.2 Å². The lowest BCUT2D eigenvalue weighted by molar-refractivity contribution is -0.117. The molecule has 2 heterocycles. The molecule has 0 fully saturated rings. The van der Waals surface area contributed by atoms with Gasteiger partial charge >= 0.3 is 5.69 Å². The van der Waals surface area contributed by atoms with Crippen molar-refractivity contribution in [1.29, 1.82) is 0 Å². The minimum absolute atomic E-state index is 0.193. The van der Waals surface area contributed by atoms with Crippen molar-refractivity contribution in [2.75, 3.05) is 5.32 Å². The van der Waals surface area contributed by atoms with Crippen molar-refractivity contribution in [3.63, 3.8) is 0 Å². The van der Waals surface area contributed by atoms with E-state index in [1.54, 1.807) is 0 Å². The molecule has 1 N–H and O–H groups in total. The maximum absolute atomic E-state index is 12.8. The molecule has 0 saturated carbocycles. The maximum atomic E-state index is 12.8. The van der Waals surface area contributed by atoms with Crippen LogP contribution in [0, 0.1) is 13.8 Å². The first-order valence-corrected chi connectivity index (χ1v) is 10.4. The van der Waals surface area contributed by atoms with Gasteiger partial charge in [0.2, 0.25) is 11.6 Å². The van der Waals surface area contributed by atoms with E-state index < -0.39 is 5.69 Å². The lowest BCUT2D eigenvalue weighted by Crippen LogP contribution is -2.28. The molecule has 0 aliphatic carbocycles. The van der Waals surface area contributed by atoms with E-state index in [1.165, 1.54) is 16.8 Å². The summed E-state index contributed by atoms with van der Waals surface area (Å²) in [7, 11) is 0. The standard InChI is InChI=1S/C24H25N5O3/c1-15(2)18-6-5-7-19(13-18)26-21(30)14-29-24(31)28-9-8-25-23(22(28)27-29)32-20-11-16(3)10-17(4)12-20/h5-13,15H,14H2,1-4H3,(H,26,30). The number of aryl methyl sites for hydroxylation is 2. The molecule has 1 amide bonds. The zero-order valence-electron chi connectivity index (χ0n) is 18.5. The number of ether oxygens (including phenoxy) is 1. The van der Waals surface area contributed by atoms with E-state index in [4.69, 9.17) is 4.74 Å². The van der Waals surface area contributed by atoms with Crippen molar-refractivity contribution in [3.05, 3.63) is 82.0 Å². The topological polar surface area (TPSA) is 90.5 Å². The van der Waals surface area contributed by atoms with E-state index in [-0.39, 0.29) is 24.0 Å². The summed E-state index contributed by atoms with van der Waals surface area (Å²) in [5.74, 6) is 0.795. The Morgan fingerprint density at radius 3 is 2.59 bits per heavy atom. The van der Waals surface area contributed by atoms with Crippen LogP contribution in [0.5, 0.6) is 11.6 Å². The summed E-state index contributed by atoms with van der Waals surface area (Å²) in [6.07, 6.45) is 2.97. The highest BCUT2D eigenvalue weighted by atomic mass is 16.5. The monoisotopic (exact) mass is 431 g/mol. The van der Waals surface area contributed by atoms with Gasteiger partial charge in [0.15, 0.2) is 0 Å². The van der Waals surface area contributed by atoms with Crippen LogP contribution in [-0.2, 0) is 11.3 Å². The predicted octanol–water partition coefficient (Wildman–Crippen LogP) is 4.06. The quantitative estimate of drug-likeness (QED) is 0.497. The number of nitrogens with one attached hydrogen (secondary N) is 1. The van der Waals surface area contributed by atoms with Crippen LogP contribution in [0.25, 0.3) is 5.65 Å². The molecule has 0 atom stereocenters. The van der Waals surface area contributed by atoms with Crippen LogP contribution in [0.3, 0.4) is 0 Å². The zero-order valence-corrected chi connectivity index (χ0v) is 18.5. The van der Waals surface area contributed by atoms with E-state index in [0.29, 0.717) is 17.4 Å². The van der Waals surface area contributed by atoms with Crippen LogP contribution < -0.4 is 15.7 Å². The Morgan fingerprint density at radius 1 is 1.12 bits per heavy atom. The Hall–Kier alpha value is -3.94. The van der Waals surface area contributed by atoms with Crippen molar-refractivity contribution in [2.24, 2.45) is 0 Å². The summed E-state index contributed by atoms with van der Waals surface area (Å²) in [5.41, 5.74) is 3.69. The third kappa shape index (κ3) is 4.54. The fourth-order valence-electron chi connectivity index (χ4n) is 3.52. The number of aromatic nitrogens is 4. The Kier molecular flexibility index (Phi) is 5.77. The molecule has 2 aromatic heterocycles. The Morgan fingerprint density at radius 2 is 1.88 bits per heavy atom. The van der Waals surface area contributed by atoms with Gasteiger partial charge in [0.1, 0.15) is 12.3 Å². The second kappa shape index (κ2) is 8.66. The molecule has 0 aliphatic heterocycles. The van der Waals surface area contributed by atoms with Gasteiger partial charge in [-0.05, 0) is 60.7 Å². The van der Waals surface area contributed by atoms with Crippen molar-refractivity contribution >= 4 is 17.2 Å². The fourth-order valence-corrected chi connectivity index (χ4v) is 3.52. The molecule has 8 heteroatoms. The van der Waals surface area contributed by atoms with Crippen LogP contribution in [0.2, 0.25) is 0 Å². The SMILES string of the molecule is Cc1cc(C)cc(Oc2nccn3c(=O)n(CC(=O)Nc4cccc(C(C)C)c4)nc23)c1. The number of nitrogens with zero attached hydrogens (tertiary/aromatic N) is 4. The van der Waals surface area contributed by atoms with Crippen molar-refractivity contribution in [3.8, 4) is 11.6 Å². The number of rotatable bonds is 6. The molecule has 0 radical (unpaired) electrons. The zero-order chi connectivity index (χ0) is 22.8. The van der Waals surface area contributed by atoms with Crippen LogP contribution in [0.1, 0.15) is 36.5 Å². The third-order valence-electron chi connectivity index (χ3n) is 5.01. The predicted molar refractivity (Wildman–Crippen MR) is 122 cm³/mol. The van der Waals surface area contributed by atoms with Gasteiger partial charge in [-0.1, -0.05) is 32.0 Å². The van der Waals surface area contributed by atoms with E-state index in [1.807, 2.05) is 56.3 Å². The van der Waals surface area contributed by atoms with E-state index >= 15 is 0 Å². The van der Waals surface area contributed by atoms with Gasteiger partial charge in [-0.3, -0.25) is 4.79 Å². The van der Waals surface area contributed by atoms with E-state index in [0.717, 1.165) is 21.4 Å². The first-order chi connectivity index (χ1) is 15.3. The van der Waals surface area contributed by atoms with Gasteiger partial charge in [-0.15, -0.1) is 5.10 Å². The molecule has 0 aliphatic rings. The van der Waals surface area contributed by atoms with Gasteiger partial charge in [-0.2, -0.15) is 0 Å². The highest BCUT2D eigenvalue weighted by Crippen LogP contribution is 2.24. The molecular weight excluding hydrogens is 406 g/mol. The molecule has 4 rings (SSSR count). The average Bonchev–Trinajstić information content (AvgIpc) is 3.04. The normalized spacial score (nSPS) is 11.2. The number of carbonyl (C=O) groups is 1. The lowest BCUT2D eigenvalue weighted by atomic mass is 10.0. The first kappa shape index (κ1) is 21.3. The first-order valence-electron chi connectivity index (χ1n) is 10.4. The molecule has 8 nitrogen and oxygen atoms in total. The minimum Gasteiger partial charge on any atom is -0.436 e. The minimum atomic E-state index is -0.446. The highest BCUT2D eigenvalue weighted by molar-refractivity contribution is 5.90. The molecule has 32 heavy (non-hydrogen) atoms. The number of amides is 1. The number of hydrogen-bond donors (Lipinski definition) is 1. The third-order valence-corrected chi connectivity index (χ3v) is 5.01. The summed E-state index contributed by atoms with van der Waals surface area (Å²) >= 11 is 0. The Balaban J connectivity index is 1.58. The van der Waals surface area contributed by atoms with Crippen LogP contribution >= 0.6 is 0 Å². The summed E-state index contributed by atoms with van der Waals surface area (Å²) in [6, 6.07) is 13.4. The van der Waals surface area contributed by atoms with Crippen molar-refractivity contribution < 1.29 is 9.53 Å². The summed E-state index contributed by atoms with van der Waals surface area (Å²) < 4.78 is 8.33. The van der Waals surface area contributed by atoms with Crippen LogP contribution in [0.15, 0.2) is 59.7 Å². The van der Waals surface area contributed by atoms with Crippen molar-refractivity contribution in [2.45, 2.75) is 40.2 Å². The highest BCUT2D eigenvalue weighted by Gasteiger charge is 2.16. The molecule has 164 valence electrons. The largest absolute Gasteiger partial charge is 0.436 e. The molecule has 4 aromatic rings. The number of carbonyl (C=O) groups excluding carboxylic acids is 1. The Labute approximate surface area is 185 Å². The van der Waals surface area contributed by atoms with E-state index in [9.17, 15) is 9.59 Å². The molecule has 2 aromatic carbocycles. The molecule has 0 unspecified atom stereocenters. The second-order valence-corrected chi connectivity index (χ2v) is 8.12. The van der Waals surface area contributed by atoms with Gasteiger partial charge < -0.3 is 10.1 Å². The lowest BCUT2D eigenvalue weighted by Gasteiger charge is -2.09. The fraction of sp³-hybridized carbons (Fsp3) is 0.250. The van der Waals surface area contributed by atoms with Gasteiger partial charge in [-0.25, -0.2) is 18.9 Å². The number of hydrogen-bond acceptors (Lipinski definition) is 5. The van der Waals surface area contributed by atoms with Crippen LogP contribution in [-0.4, -0.2) is 25.1 Å². The summed E-state index contributed by atoms with van der Waals surface area (Å²) in [5, 5.41) is 7.13. The summed E-state index contributed by atoms with van der Waals surface area (Å²) in [6.45, 7) is 7.90. The van der Waals surface area contributed by atoms with Gasteiger partial charge in [0.25, 0.3) is 5.88 Å². The Bertz CT molecular complexity index is 1330. The number of fused-ring (bicyclic) bond motifs is 1. The second-order valence-electron chi connectivity index (χ2n) is 8.12. The van der Waals surface area contributed by atoms with Gasteiger partial charge in [0.05, 0.1) is 0 Å². The maximum Gasteiger partial charge on any atom is 0.351 e. The molecule has 0 saturated heterocycles.